The maximum atomic E-state index is 5.86. The van der Waals surface area contributed by atoms with Crippen LogP contribution in [0.1, 0.15) is 17.2 Å². The summed E-state index contributed by atoms with van der Waals surface area (Å²) in [5, 5.41) is 0. The Balaban J connectivity index is 2.20. The molecule has 0 saturated carbocycles. The molecule has 2 aromatic rings. The van der Waals surface area contributed by atoms with Gasteiger partial charge in [0, 0.05) is 16.2 Å². The molecule has 0 amide bonds. The van der Waals surface area contributed by atoms with Gasteiger partial charge in [0.15, 0.2) is 0 Å². The molecule has 1 heterocycles. The fourth-order valence-electron chi connectivity index (χ4n) is 1.84. The van der Waals surface area contributed by atoms with Crippen LogP contribution >= 0.6 is 15.9 Å². The first kappa shape index (κ1) is 13.0. The van der Waals surface area contributed by atoms with E-state index < -0.39 is 0 Å². The Labute approximate surface area is 115 Å². The minimum absolute atomic E-state index is 0.0418. The van der Waals surface area contributed by atoms with Crippen molar-refractivity contribution in [3.05, 3.63) is 58.2 Å². The molecule has 1 aromatic heterocycles. The third-order valence-electron chi connectivity index (χ3n) is 2.80. The lowest BCUT2D eigenvalue weighted by molar-refractivity contribution is 0.552. The predicted octanol–water partition coefficient (Wildman–Crippen LogP) is 2.17. The van der Waals surface area contributed by atoms with Crippen molar-refractivity contribution in [3.8, 4) is 0 Å². The van der Waals surface area contributed by atoms with Crippen molar-refractivity contribution in [2.45, 2.75) is 12.5 Å². The molecule has 1 aromatic carbocycles. The molecule has 0 fully saturated rings. The van der Waals surface area contributed by atoms with Gasteiger partial charge < -0.3 is 5.73 Å². The molecule has 0 aliphatic heterocycles. The second-order valence-corrected chi connectivity index (χ2v) is 4.94. The number of aromatic nitrogens is 1. The topological polar surface area (TPSA) is 77.0 Å². The number of hydrazine groups is 1. The number of anilines is 1. The highest BCUT2D eigenvalue weighted by Gasteiger charge is 2.13. The maximum Gasteiger partial charge on any atom is 0.128 e. The summed E-state index contributed by atoms with van der Waals surface area (Å²) in [5.41, 5.74) is 10.8. The minimum atomic E-state index is -0.0418. The molecule has 1 atom stereocenters. The monoisotopic (exact) mass is 306 g/mol. The van der Waals surface area contributed by atoms with E-state index in [1.54, 1.807) is 6.20 Å². The molecule has 0 bridgehead atoms. The van der Waals surface area contributed by atoms with Crippen molar-refractivity contribution in [2.24, 2.45) is 5.84 Å². The van der Waals surface area contributed by atoms with Gasteiger partial charge in [-0.2, -0.15) is 0 Å². The first-order chi connectivity index (χ1) is 8.70. The van der Waals surface area contributed by atoms with Crippen LogP contribution in [0.25, 0.3) is 0 Å². The molecular weight excluding hydrogens is 292 g/mol. The summed E-state index contributed by atoms with van der Waals surface area (Å²) in [6, 6.07) is 11.9. The highest BCUT2D eigenvalue weighted by Crippen LogP contribution is 2.22. The summed E-state index contributed by atoms with van der Waals surface area (Å²) in [6.45, 7) is 0. The molecule has 5 N–H and O–H groups in total. The van der Waals surface area contributed by atoms with Crippen molar-refractivity contribution in [2.75, 3.05) is 5.73 Å². The molecule has 0 radical (unpaired) electrons. The average Bonchev–Trinajstić information content (AvgIpc) is 2.39. The van der Waals surface area contributed by atoms with E-state index in [1.165, 1.54) is 5.56 Å². The molecule has 5 heteroatoms. The molecular formula is C13H15BrN4. The zero-order valence-electron chi connectivity index (χ0n) is 9.81. The second-order valence-electron chi connectivity index (χ2n) is 4.03. The first-order valence-corrected chi connectivity index (χ1v) is 6.41. The lowest BCUT2D eigenvalue weighted by Crippen LogP contribution is -2.30. The number of rotatable bonds is 4. The van der Waals surface area contributed by atoms with Gasteiger partial charge in [0.1, 0.15) is 5.82 Å². The zero-order valence-corrected chi connectivity index (χ0v) is 11.4. The molecule has 0 aliphatic rings. The van der Waals surface area contributed by atoms with Crippen LogP contribution in [0.3, 0.4) is 0 Å². The number of halogens is 1. The number of nitrogen functional groups attached to an aromatic ring is 1. The Morgan fingerprint density at radius 1 is 1.22 bits per heavy atom. The SMILES string of the molecule is NNC(Cc1ccc(Br)cc1)c1cccnc1N. The van der Waals surface area contributed by atoms with Gasteiger partial charge in [-0.3, -0.25) is 11.3 Å². The van der Waals surface area contributed by atoms with Crippen LogP contribution in [0.15, 0.2) is 47.1 Å². The van der Waals surface area contributed by atoms with Gasteiger partial charge in [-0.1, -0.05) is 34.1 Å². The fourth-order valence-corrected chi connectivity index (χ4v) is 2.10. The lowest BCUT2D eigenvalue weighted by Gasteiger charge is -2.17. The lowest BCUT2D eigenvalue weighted by atomic mass is 10.00. The normalized spacial score (nSPS) is 12.3. The van der Waals surface area contributed by atoms with E-state index in [2.05, 4.69) is 38.5 Å². The van der Waals surface area contributed by atoms with Crippen molar-refractivity contribution < 1.29 is 0 Å². The number of benzene rings is 1. The van der Waals surface area contributed by atoms with Crippen LogP contribution in [0.4, 0.5) is 5.82 Å². The van der Waals surface area contributed by atoms with E-state index in [1.807, 2.05) is 24.3 Å². The number of hydrogen-bond acceptors (Lipinski definition) is 4. The van der Waals surface area contributed by atoms with Gasteiger partial charge in [-0.25, -0.2) is 4.98 Å². The van der Waals surface area contributed by atoms with E-state index in [0.717, 1.165) is 16.5 Å². The average molecular weight is 307 g/mol. The molecule has 18 heavy (non-hydrogen) atoms. The Kier molecular flexibility index (Phi) is 4.30. The predicted molar refractivity (Wildman–Crippen MR) is 76.6 cm³/mol. The van der Waals surface area contributed by atoms with Gasteiger partial charge in [0.25, 0.3) is 0 Å². The molecule has 94 valence electrons. The van der Waals surface area contributed by atoms with Crippen molar-refractivity contribution in [1.82, 2.24) is 10.4 Å². The van der Waals surface area contributed by atoms with E-state index in [4.69, 9.17) is 11.6 Å². The van der Waals surface area contributed by atoms with E-state index >= 15 is 0 Å². The summed E-state index contributed by atoms with van der Waals surface area (Å²) >= 11 is 3.41. The smallest absolute Gasteiger partial charge is 0.128 e. The van der Waals surface area contributed by atoms with Crippen LogP contribution in [0.5, 0.6) is 0 Å². The molecule has 0 spiro atoms. The summed E-state index contributed by atoms with van der Waals surface area (Å²) in [6.07, 6.45) is 2.44. The number of nitrogens with one attached hydrogen (secondary N) is 1. The van der Waals surface area contributed by atoms with Gasteiger partial charge >= 0.3 is 0 Å². The quantitative estimate of drug-likeness (QED) is 0.597. The fraction of sp³-hybridized carbons (Fsp3) is 0.154. The van der Waals surface area contributed by atoms with Crippen LogP contribution in [-0.4, -0.2) is 4.98 Å². The molecule has 1 unspecified atom stereocenters. The highest BCUT2D eigenvalue weighted by molar-refractivity contribution is 9.10. The largest absolute Gasteiger partial charge is 0.383 e. The van der Waals surface area contributed by atoms with Gasteiger partial charge in [0.05, 0.1) is 6.04 Å². The highest BCUT2D eigenvalue weighted by atomic mass is 79.9. The molecule has 4 nitrogen and oxygen atoms in total. The number of nitrogens with zero attached hydrogens (tertiary/aromatic N) is 1. The van der Waals surface area contributed by atoms with E-state index in [0.29, 0.717) is 5.82 Å². The van der Waals surface area contributed by atoms with Crippen LogP contribution in [0.2, 0.25) is 0 Å². The Morgan fingerprint density at radius 3 is 2.56 bits per heavy atom. The molecule has 2 rings (SSSR count). The third-order valence-corrected chi connectivity index (χ3v) is 3.33. The first-order valence-electron chi connectivity index (χ1n) is 5.61. The van der Waals surface area contributed by atoms with Crippen LogP contribution in [0, 0.1) is 0 Å². The van der Waals surface area contributed by atoms with Crippen molar-refractivity contribution >= 4 is 21.7 Å². The number of pyridine rings is 1. The molecule has 0 aliphatic carbocycles. The summed E-state index contributed by atoms with van der Waals surface area (Å²) in [5.74, 6) is 6.12. The van der Waals surface area contributed by atoms with Crippen LogP contribution < -0.4 is 17.0 Å². The van der Waals surface area contributed by atoms with Gasteiger partial charge in [-0.15, -0.1) is 0 Å². The Bertz CT molecular complexity index is 513. The molecule has 0 saturated heterocycles. The summed E-state index contributed by atoms with van der Waals surface area (Å²) < 4.78 is 1.06. The zero-order chi connectivity index (χ0) is 13.0. The Hall–Kier alpha value is -1.43. The number of nitrogens with two attached hydrogens (primary N) is 2. The summed E-state index contributed by atoms with van der Waals surface area (Å²) in [7, 11) is 0. The summed E-state index contributed by atoms with van der Waals surface area (Å²) in [4.78, 5) is 4.08. The standard InChI is InChI=1S/C13H15BrN4/c14-10-5-3-9(4-6-10)8-12(18-16)11-2-1-7-17-13(11)15/h1-7,12,18H,8,16H2,(H2,15,17). The van der Waals surface area contributed by atoms with Gasteiger partial charge in [-0.05, 0) is 30.2 Å². The Morgan fingerprint density at radius 2 is 1.94 bits per heavy atom. The van der Waals surface area contributed by atoms with Gasteiger partial charge in [0.2, 0.25) is 0 Å². The minimum Gasteiger partial charge on any atom is -0.383 e. The van der Waals surface area contributed by atoms with E-state index in [-0.39, 0.29) is 6.04 Å². The second kappa shape index (κ2) is 5.95. The van der Waals surface area contributed by atoms with Crippen LogP contribution in [-0.2, 0) is 6.42 Å². The third kappa shape index (κ3) is 3.07. The van der Waals surface area contributed by atoms with Crippen molar-refractivity contribution in [3.63, 3.8) is 0 Å². The number of hydrogen-bond donors (Lipinski definition) is 3. The van der Waals surface area contributed by atoms with Crippen molar-refractivity contribution in [1.29, 1.82) is 0 Å². The van der Waals surface area contributed by atoms with E-state index in [9.17, 15) is 0 Å². The maximum absolute atomic E-state index is 5.86.